The fraction of sp³-hybridized carbons (Fsp3) is 0.182. The molecule has 7 nitrogen and oxygen atoms in total. The average molecular weight is 247 g/mol. The number of anilines is 1. The minimum Gasteiger partial charge on any atom is -0.481 e. The maximum Gasteiger partial charge on any atom is 0.286 e. The molecule has 0 unspecified atom stereocenters. The summed E-state index contributed by atoms with van der Waals surface area (Å²) >= 11 is 0. The first-order valence-electron chi connectivity index (χ1n) is 5.25. The van der Waals surface area contributed by atoms with E-state index in [0.717, 1.165) is 0 Å². The lowest BCUT2D eigenvalue weighted by atomic mass is 10.4. The smallest absolute Gasteiger partial charge is 0.286 e. The molecule has 2 rings (SSSR count). The molecule has 94 valence electrons. The monoisotopic (exact) mass is 247 g/mol. The van der Waals surface area contributed by atoms with Crippen molar-refractivity contribution in [3.05, 3.63) is 36.3 Å². The summed E-state index contributed by atoms with van der Waals surface area (Å²) < 4.78 is 6.66. The molecular formula is C11H13N5O2. The molecule has 0 bridgehead atoms. The maximum atomic E-state index is 11.8. The van der Waals surface area contributed by atoms with Gasteiger partial charge in [0.15, 0.2) is 0 Å². The second-order valence-electron chi connectivity index (χ2n) is 3.51. The Labute approximate surface area is 104 Å². The Morgan fingerprint density at radius 1 is 1.44 bits per heavy atom. The van der Waals surface area contributed by atoms with Gasteiger partial charge in [-0.25, -0.2) is 4.98 Å². The quantitative estimate of drug-likeness (QED) is 0.772. The molecular weight excluding hydrogens is 234 g/mol. The van der Waals surface area contributed by atoms with Gasteiger partial charge >= 0.3 is 0 Å². The zero-order valence-electron chi connectivity index (χ0n) is 10.0. The number of nitrogens with zero attached hydrogens (tertiary/aromatic N) is 3. The maximum absolute atomic E-state index is 11.8. The van der Waals surface area contributed by atoms with Gasteiger partial charge in [0, 0.05) is 25.5 Å². The van der Waals surface area contributed by atoms with Crippen molar-refractivity contribution < 1.29 is 9.53 Å². The summed E-state index contributed by atoms with van der Waals surface area (Å²) in [6.07, 6.45) is 3.32. The molecule has 2 N–H and O–H groups in total. The van der Waals surface area contributed by atoms with Crippen LogP contribution in [0.2, 0.25) is 0 Å². The summed E-state index contributed by atoms with van der Waals surface area (Å²) in [6.45, 7) is 0. The minimum atomic E-state index is -0.270. The highest BCUT2D eigenvalue weighted by Crippen LogP contribution is 2.06. The van der Waals surface area contributed by atoms with E-state index in [0.29, 0.717) is 11.6 Å². The van der Waals surface area contributed by atoms with E-state index in [-0.39, 0.29) is 11.9 Å². The van der Waals surface area contributed by atoms with Crippen molar-refractivity contribution in [2.75, 3.05) is 12.5 Å². The lowest BCUT2D eigenvalue weighted by Gasteiger charge is -2.08. The van der Waals surface area contributed by atoms with Crippen LogP contribution in [0.15, 0.2) is 30.6 Å². The summed E-state index contributed by atoms with van der Waals surface area (Å²) in [4.78, 5) is 19.7. The van der Waals surface area contributed by atoms with E-state index < -0.39 is 0 Å². The van der Waals surface area contributed by atoms with E-state index in [1.165, 1.54) is 13.3 Å². The number of carbonyl (C=O) groups is 1. The fourth-order valence-electron chi connectivity index (χ4n) is 1.39. The van der Waals surface area contributed by atoms with Crippen LogP contribution in [0.25, 0.3) is 0 Å². The number of amides is 1. The first-order valence-corrected chi connectivity index (χ1v) is 5.25. The molecule has 0 aliphatic rings. The van der Waals surface area contributed by atoms with Gasteiger partial charge in [-0.1, -0.05) is 0 Å². The number of hydrogen-bond acceptors (Lipinski definition) is 5. The molecule has 2 aromatic heterocycles. The molecule has 1 amide bonds. The van der Waals surface area contributed by atoms with Gasteiger partial charge in [0.2, 0.25) is 11.8 Å². The van der Waals surface area contributed by atoms with Gasteiger partial charge in [-0.15, -0.1) is 0 Å². The molecule has 0 saturated heterocycles. The summed E-state index contributed by atoms with van der Waals surface area (Å²) in [5.41, 5.74) is 5.66. The van der Waals surface area contributed by atoms with Crippen molar-refractivity contribution >= 4 is 11.9 Å². The number of hydrogen-bond donors (Lipinski definition) is 2. The van der Waals surface area contributed by atoms with Crippen molar-refractivity contribution in [1.82, 2.24) is 20.0 Å². The van der Waals surface area contributed by atoms with Crippen LogP contribution in [0, 0.1) is 0 Å². The fourth-order valence-corrected chi connectivity index (χ4v) is 1.39. The number of methoxy groups -OCH3 is 1. The molecule has 0 radical (unpaired) electrons. The number of hydrazine groups is 1. The predicted octanol–water partition coefficient (Wildman–Crippen LogP) is 0.581. The number of rotatable bonds is 4. The Hall–Kier alpha value is -2.57. The Morgan fingerprint density at radius 2 is 2.28 bits per heavy atom. The highest BCUT2D eigenvalue weighted by molar-refractivity contribution is 5.93. The van der Waals surface area contributed by atoms with Crippen molar-refractivity contribution in [3.8, 4) is 5.88 Å². The minimum absolute atomic E-state index is 0.261. The number of carbonyl (C=O) groups excluding carboxylic acids is 1. The number of ether oxygens (including phenoxy) is 1. The Kier molecular flexibility index (Phi) is 3.42. The van der Waals surface area contributed by atoms with Gasteiger partial charge < -0.3 is 9.30 Å². The van der Waals surface area contributed by atoms with Crippen molar-refractivity contribution in [2.45, 2.75) is 0 Å². The first kappa shape index (κ1) is 11.9. The van der Waals surface area contributed by atoms with Gasteiger partial charge in [-0.2, -0.15) is 4.98 Å². The molecule has 0 spiro atoms. The van der Waals surface area contributed by atoms with Gasteiger partial charge in [0.25, 0.3) is 5.91 Å². The molecule has 0 saturated carbocycles. The first-order chi connectivity index (χ1) is 8.70. The van der Waals surface area contributed by atoms with Crippen molar-refractivity contribution in [1.29, 1.82) is 0 Å². The van der Waals surface area contributed by atoms with Crippen LogP contribution < -0.4 is 15.6 Å². The predicted molar refractivity (Wildman–Crippen MR) is 65.1 cm³/mol. The van der Waals surface area contributed by atoms with Crippen LogP contribution in [0.1, 0.15) is 10.5 Å². The molecule has 2 aromatic rings. The van der Waals surface area contributed by atoms with E-state index in [4.69, 9.17) is 4.74 Å². The van der Waals surface area contributed by atoms with E-state index in [9.17, 15) is 4.79 Å². The lowest BCUT2D eigenvalue weighted by Crippen LogP contribution is -2.31. The van der Waals surface area contributed by atoms with Crippen molar-refractivity contribution in [2.24, 2.45) is 7.05 Å². The third-order valence-electron chi connectivity index (χ3n) is 2.30. The van der Waals surface area contributed by atoms with Crippen LogP contribution >= 0.6 is 0 Å². The number of aromatic nitrogens is 3. The van der Waals surface area contributed by atoms with Crippen molar-refractivity contribution in [3.63, 3.8) is 0 Å². The lowest BCUT2D eigenvalue weighted by molar-refractivity contribution is 0.0954. The van der Waals surface area contributed by atoms with Gasteiger partial charge in [-0.05, 0) is 12.1 Å². The number of aryl methyl sites for hydroxylation is 1. The molecule has 0 atom stereocenters. The highest BCUT2D eigenvalue weighted by Gasteiger charge is 2.08. The normalized spacial score (nSPS) is 9.89. The van der Waals surface area contributed by atoms with Crippen LogP contribution in [0.4, 0.5) is 5.95 Å². The molecule has 0 aromatic carbocycles. The Morgan fingerprint density at radius 3 is 2.94 bits per heavy atom. The van der Waals surface area contributed by atoms with Crippen LogP contribution in [-0.2, 0) is 7.05 Å². The molecule has 7 heteroatoms. The van der Waals surface area contributed by atoms with E-state index >= 15 is 0 Å². The highest BCUT2D eigenvalue weighted by atomic mass is 16.5. The van der Waals surface area contributed by atoms with Crippen LogP contribution in [0.3, 0.4) is 0 Å². The summed E-state index contributed by atoms with van der Waals surface area (Å²) in [5.74, 6) is 0.409. The SMILES string of the molecule is COc1ccnc(NNC(=O)c2cccn2C)n1. The molecule has 2 heterocycles. The average Bonchev–Trinajstić information content (AvgIpc) is 2.82. The third kappa shape index (κ3) is 2.57. The van der Waals surface area contributed by atoms with E-state index in [1.807, 2.05) is 0 Å². The van der Waals surface area contributed by atoms with Gasteiger partial charge in [0.05, 0.1) is 7.11 Å². The molecule has 18 heavy (non-hydrogen) atoms. The molecule has 0 fully saturated rings. The van der Waals surface area contributed by atoms with Gasteiger partial charge in [-0.3, -0.25) is 15.6 Å². The second kappa shape index (κ2) is 5.17. The van der Waals surface area contributed by atoms with E-state index in [2.05, 4.69) is 20.8 Å². The summed E-state index contributed by atoms with van der Waals surface area (Å²) in [5, 5.41) is 0. The summed E-state index contributed by atoms with van der Waals surface area (Å²) in [7, 11) is 3.30. The largest absolute Gasteiger partial charge is 0.481 e. The third-order valence-corrected chi connectivity index (χ3v) is 2.30. The molecule has 0 aliphatic heterocycles. The van der Waals surface area contributed by atoms with Crippen LogP contribution in [0.5, 0.6) is 5.88 Å². The van der Waals surface area contributed by atoms with Crippen LogP contribution in [-0.4, -0.2) is 27.6 Å². The zero-order valence-corrected chi connectivity index (χ0v) is 10.0. The van der Waals surface area contributed by atoms with E-state index in [1.54, 1.807) is 36.0 Å². The molecule has 0 aliphatic carbocycles. The van der Waals surface area contributed by atoms with Gasteiger partial charge in [0.1, 0.15) is 5.69 Å². The standard InChI is InChI=1S/C11H13N5O2/c1-16-7-3-4-8(16)10(17)14-15-11-12-6-5-9(13-11)18-2/h3-7H,1-2H3,(H,14,17)(H,12,13,15). The Balaban J connectivity index is 1.99. The second-order valence-corrected chi connectivity index (χ2v) is 3.51. The topological polar surface area (TPSA) is 81.1 Å². The Bertz CT molecular complexity index is 552. The number of nitrogens with one attached hydrogen (secondary N) is 2. The summed E-state index contributed by atoms with van der Waals surface area (Å²) in [6, 6.07) is 5.12. The zero-order chi connectivity index (χ0) is 13.0.